The van der Waals surface area contributed by atoms with Gasteiger partial charge in [-0.05, 0) is 24.8 Å². The normalized spacial score (nSPS) is 46.6. The molecule has 97 heavy (non-hydrogen) atoms. The van der Waals surface area contributed by atoms with Crippen LogP contribution in [-0.4, -0.2) is 438 Å². The van der Waals surface area contributed by atoms with Crippen LogP contribution >= 0.6 is 0 Å². The topological polar surface area (TPSA) is 713 Å². The Bertz CT molecular complexity index is 2330. The van der Waals surface area contributed by atoms with Gasteiger partial charge < -0.3 is 204 Å². The third kappa shape index (κ3) is 19.4. The predicted octanol–water partition coefficient (Wildman–Crippen LogP) is -16.0. The molecule has 26 N–H and O–H groups in total. The van der Waals surface area contributed by atoms with Crippen molar-refractivity contribution in [2.75, 3.05) is 66.0 Å². The van der Waals surface area contributed by atoms with Crippen LogP contribution in [0.15, 0.2) is 5.11 Å². The molecule has 7 heterocycles. The third-order valence-corrected chi connectivity index (χ3v) is 17.5. The first-order valence-electron chi connectivity index (χ1n) is 31.1. The molecule has 39 atom stereocenters. The van der Waals surface area contributed by atoms with Crippen molar-refractivity contribution in [2.24, 2.45) is 5.11 Å². The number of aliphatic hydroxyl groups is 26. The Morgan fingerprint density at radius 1 is 0.351 bits per heavy atom. The molecule has 7 saturated heterocycles. The molecule has 0 amide bonds. The molecule has 7 aliphatic heterocycles. The lowest BCUT2D eigenvalue weighted by atomic mass is 9.96. The van der Waals surface area contributed by atoms with Crippen molar-refractivity contribution >= 4 is 0 Å². The number of ether oxygens (including phenoxy) is 15. The molecule has 0 aromatic rings. The molecule has 0 radical (unpaired) electrons. The van der Waals surface area contributed by atoms with E-state index in [0.29, 0.717) is 12.8 Å². The maximum absolute atomic E-state index is 12.1. The summed E-state index contributed by atoms with van der Waals surface area (Å²) in [4.78, 5) is 2.65. The Hall–Kier alpha value is -2.33. The second-order valence-corrected chi connectivity index (χ2v) is 24.1. The second-order valence-electron chi connectivity index (χ2n) is 24.1. The van der Waals surface area contributed by atoms with Crippen molar-refractivity contribution in [2.45, 2.75) is 265 Å². The van der Waals surface area contributed by atoms with Gasteiger partial charge in [0.2, 0.25) is 0 Å². The van der Waals surface area contributed by atoms with E-state index in [1.165, 1.54) is 0 Å². The van der Waals surface area contributed by atoms with Crippen molar-refractivity contribution in [3.63, 3.8) is 0 Å². The Balaban J connectivity index is 1.16. The van der Waals surface area contributed by atoms with Gasteiger partial charge in [0.25, 0.3) is 0 Å². The van der Waals surface area contributed by atoms with Gasteiger partial charge in [0.05, 0.1) is 59.0 Å². The van der Waals surface area contributed by atoms with E-state index in [4.69, 9.17) is 76.6 Å². The Morgan fingerprint density at radius 2 is 0.722 bits per heavy atom. The summed E-state index contributed by atoms with van der Waals surface area (Å²) < 4.78 is 85.7. The fraction of sp³-hybridized carbons (Fsp3) is 1.00. The van der Waals surface area contributed by atoms with Crippen molar-refractivity contribution in [3.8, 4) is 0 Å². The zero-order chi connectivity index (χ0) is 71.4. The largest absolute Gasteiger partial charge is 0.394 e. The van der Waals surface area contributed by atoms with E-state index in [2.05, 4.69) is 10.0 Å². The number of aliphatic hydroxyl groups excluding tert-OH is 26. The Labute approximate surface area is 549 Å². The van der Waals surface area contributed by atoms with Crippen molar-refractivity contribution in [1.29, 1.82) is 0 Å². The number of nitrogens with zero attached hydrogens (tertiary/aromatic N) is 3. The average molecular weight is 1430 g/mol. The highest BCUT2D eigenvalue weighted by atomic mass is 16.8. The zero-order valence-corrected chi connectivity index (χ0v) is 51.5. The fourth-order valence-electron chi connectivity index (χ4n) is 11.6. The fourth-order valence-corrected chi connectivity index (χ4v) is 11.6. The van der Waals surface area contributed by atoms with Crippen LogP contribution in [0.2, 0.25) is 0 Å². The SMILES string of the molecule is [N-]=[N+]=NCCCCCOC(O)C(O)C(OC1OC(CO)C(O)C(O)C1OC1OC(CO)C(O)C(O)C1OC1OC(CO)C(O)C(O)C1O)C(O)CCOC1OC(COC2OC(CO)C(O)C(O)C2OC2OC(CO)C(O)C(O)C2O)C(O)C(OC2OC(CO)C(O)C(O)C2O)C1O. The molecule has 7 rings (SSSR count). The summed E-state index contributed by atoms with van der Waals surface area (Å²) in [6.07, 6.45) is -80.2. The smallest absolute Gasteiger partial charge is 0.187 e. The summed E-state index contributed by atoms with van der Waals surface area (Å²) in [5, 5.41) is 285. The Morgan fingerprint density at radius 3 is 1.16 bits per heavy atom. The van der Waals surface area contributed by atoms with Crippen LogP contribution in [0.5, 0.6) is 0 Å². The number of azide groups is 1. The predicted molar refractivity (Wildman–Crippen MR) is 298 cm³/mol. The molecule has 44 heteroatoms. The lowest BCUT2D eigenvalue weighted by Crippen LogP contribution is -2.67. The highest BCUT2D eigenvalue weighted by Gasteiger charge is 2.58. The van der Waals surface area contributed by atoms with Crippen LogP contribution in [0.25, 0.3) is 10.4 Å². The first-order chi connectivity index (χ1) is 46.1. The minimum Gasteiger partial charge on any atom is -0.394 e. The lowest BCUT2D eigenvalue weighted by molar-refractivity contribution is -0.399. The standard InChI is InChI=1S/C53H93N3O41/c54-56-55-5-2-1-3-6-83-46(82)39(80)41(93-52-45(35(76)28(69)20(12-61)90-52)97-53-44(34(75)27(68)21(13-62)91-53)96-50-38(79)32(73)25(66)18(10-59)88-50)15(63)4-7-84-47-40(81)42(94-48-36(77)30(71)23(64)16(8-57)86-48)29(70)22(92-47)14-85-51-43(33(74)26(67)19(11-60)89-51)95-49-37(78)31(72)24(65)17(9-58)87-49/h15-53,57-82H,1-14H2. The summed E-state index contributed by atoms with van der Waals surface area (Å²) in [7, 11) is 0. The average Bonchev–Trinajstić information content (AvgIpc) is 0.785. The number of hydrogen-bond acceptors (Lipinski definition) is 42. The third-order valence-electron chi connectivity index (χ3n) is 17.5. The molecule has 0 bridgehead atoms. The molecule has 7 fully saturated rings. The Kier molecular flexibility index (Phi) is 32.0. The molecule has 0 saturated carbocycles. The van der Waals surface area contributed by atoms with Crippen molar-refractivity contribution in [1.82, 2.24) is 0 Å². The van der Waals surface area contributed by atoms with Gasteiger partial charge in [-0.25, -0.2) is 0 Å². The van der Waals surface area contributed by atoms with Gasteiger partial charge in [0, 0.05) is 18.1 Å². The summed E-state index contributed by atoms with van der Waals surface area (Å²) in [6.45, 7) is -8.17. The lowest BCUT2D eigenvalue weighted by Gasteiger charge is -2.49. The van der Waals surface area contributed by atoms with Gasteiger partial charge in [-0.15, -0.1) is 0 Å². The molecule has 0 aliphatic carbocycles. The van der Waals surface area contributed by atoms with E-state index in [-0.39, 0.29) is 19.6 Å². The van der Waals surface area contributed by atoms with Crippen LogP contribution < -0.4 is 0 Å². The van der Waals surface area contributed by atoms with Crippen molar-refractivity contribution in [3.05, 3.63) is 10.4 Å². The van der Waals surface area contributed by atoms with Gasteiger partial charge in [-0.2, -0.15) is 0 Å². The highest BCUT2D eigenvalue weighted by molar-refractivity contribution is 5.00. The van der Waals surface area contributed by atoms with E-state index >= 15 is 0 Å². The van der Waals surface area contributed by atoms with Crippen molar-refractivity contribution < 1.29 is 204 Å². The highest BCUT2D eigenvalue weighted by Crippen LogP contribution is 2.37. The first-order valence-corrected chi connectivity index (χ1v) is 31.1. The van der Waals surface area contributed by atoms with Gasteiger partial charge in [0.15, 0.2) is 50.3 Å². The van der Waals surface area contributed by atoms with E-state index in [9.17, 15) is 133 Å². The molecule has 39 unspecified atom stereocenters. The maximum atomic E-state index is 12.1. The summed E-state index contributed by atoms with van der Waals surface area (Å²) in [6, 6.07) is 0. The second kappa shape index (κ2) is 37.9. The van der Waals surface area contributed by atoms with E-state index < -0.39 is 299 Å². The van der Waals surface area contributed by atoms with E-state index in [1.807, 2.05) is 0 Å². The monoisotopic (exact) mass is 1430 g/mol. The molecular formula is C53H93N3O41. The molecular weight excluding hydrogens is 1330 g/mol. The van der Waals surface area contributed by atoms with E-state index in [0.717, 1.165) is 0 Å². The zero-order valence-electron chi connectivity index (χ0n) is 51.5. The van der Waals surface area contributed by atoms with Gasteiger partial charge in [0.1, 0.15) is 183 Å². The molecule has 0 aromatic heterocycles. The number of hydrogen-bond donors (Lipinski definition) is 26. The van der Waals surface area contributed by atoms with Gasteiger partial charge in [-0.1, -0.05) is 11.5 Å². The van der Waals surface area contributed by atoms with Crippen LogP contribution in [-0.2, 0) is 71.1 Å². The molecule has 0 spiro atoms. The van der Waals surface area contributed by atoms with E-state index in [1.54, 1.807) is 0 Å². The summed E-state index contributed by atoms with van der Waals surface area (Å²) >= 11 is 0. The number of unbranched alkanes of at least 4 members (excludes halogenated alkanes) is 2. The minimum absolute atomic E-state index is 0.0907. The molecule has 0 aromatic carbocycles. The molecule has 566 valence electrons. The van der Waals surface area contributed by atoms with Gasteiger partial charge in [-0.3, -0.25) is 0 Å². The number of rotatable bonds is 33. The first kappa shape index (κ1) is 82.0. The minimum atomic E-state index is -2.44. The van der Waals surface area contributed by atoms with Gasteiger partial charge >= 0.3 is 0 Å². The van der Waals surface area contributed by atoms with Crippen LogP contribution in [0, 0.1) is 0 Å². The molecule has 7 aliphatic rings. The van der Waals surface area contributed by atoms with Crippen LogP contribution in [0.1, 0.15) is 25.7 Å². The maximum Gasteiger partial charge on any atom is 0.187 e. The quantitative estimate of drug-likeness (QED) is 0.00954. The van der Waals surface area contributed by atoms with Crippen LogP contribution in [0.4, 0.5) is 0 Å². The molecule has 44 nitrogen and oxygen atoms in total. The summed E-state index contributed by atoms with van der Waals surface area (Å²) in [5.41, 5.74) is 8.63. The van der Waals surface area contributed by atoms with Crippen LogP contribution in [0.3, 0.4) is 0 Å². The summed E-state index contributed by atoms with van der Waals surface area (Å²) in [5.74, 6) is 0.